The number of pyridine rings is 1. The highest BCUT2D eigenvalue weighted by molar-refractivity contribution is 8.12. The number of thioether (sulfide) groups is 1. The van der Waals surface area contributed by atoms with E-state index in [1.165, 1.54) is 11.8 Å². The summed E-state index contributed by atoms with van der Waals surface area (Å²) in [7, 11) is 0. The third-order valence-corrected chi connectivity index (χ3v) is 2.39. The van der Waals surface area contributed by atoms with Gasteiger partial charge >= 0.3 is 0 Å². The number of carbonyl (C=O) groups excluding carboxylic acids is 1. The van der Waals surface area contributed by atoms with Crippen LogP contribution >= 0.6 is 11.8 Å². The normalized spacial score (nSPS) is 14.7. The smallest absolute Gasteiger partial charge is 0.252 e. The molecule has 0 fully saturated rings. The zero-order valence-electron chi connectivity index (χ0n) is 7.25. The van der Waals surface area contributed by atoms with Gasteiger partial charge in [-0.1, -0.05) is 11.8 Å². The molecule has 0 spiro atoms. The standard InChI is InChI=1S/C8H8N4OS/c9-7(13)6-2-1-3-10-8(6)12-5-14-4-11-12/h1-4H,5H2,(H2,9,13). The van der Waals surface area contributed by atoms with E-state index in [1.807, 2.05) is 0 Å². The van der Waals surface area contributed by atoms with Crippen molar-refractivity contribution in [1.82, 2.24) is 4.98 Å². The summed E-state index contributed by atoms with van der Waals surface area (Å²) in [5, 5.41) is 5.69. The van der Waals surface area contributed by atoms with Gasteiger partial charge in [0.15, 0.2) is 5.82 Å². The van der Waals surface area contributed by atoms with Crippen molar-refractivity contribution in [2.75, 3.05) is 10.9 Å². The Bertz CT molecular complexity index is 393. The maximum atomic E-state index is 11.1. The van der Waals surface area contributed by atoms with Gasteiger partial charge in [0.25, 0.3) is 5.91 Å². The Morgan fingerprint density at radius 1 is 1.64 bits per heavy atom. The number of hydrogen-bond acceptors (Lipinski definition) is 5. The lowest BCUT2D eigenvalue weighted by Gasteiger charge is -2.13. The van der Waals surface area contributed by atoms with Crippen LogP contribution in [-0.2, 0) is 0 Å². The number of hydrazone groups is 1. The Balaban J connectivity index is 2.40. The van der Waals surface area contributed by atoms with Crippen LogP contribution in [0.25, 0.3) is 0 Å². The molecule has 2 N–H and O–H groups in total. The second-order valence-corrected chi connectivity index (χ2v) is 3.46. The Morgan fingerprint density at radius 2 is 2.50 bits per heavy atom. The molecule has 1 aliphatic heterocycles. The first kappa shape index (κ1) is 9.01. The average molecular weight is 208 g/mol. The number of amides is 1. The molecule has 1 aromatic heterocycles. The molecule has 72 valence electrons. The number of hydrogen-bond donors (Lipinski definition) is 1. The molecule has 14 heavy (non-hydrogen) atoms. The monoisotopic (exact) mass is 208 g/mol. The van der Waals surface area contributed by atoms with Gasteiger partial charge in [0.05, 0.1) is 17.0 Å². The fourth-order valence-corrected chi connectivity index (χ4v) is 1.72. The molecule has 0 aromatic carbocycles. The highest BCUT2D eigenvalue weighted by atomic mass is 32.2. The lowest BCUT2D eigenvalue weighted by Crippen LogP contribution is -2.20. The van der Waals surface area contributed by atoms with Crippen LogP contribution < -0.4 is 10.7 Å². The van der Waals surface area contributed by atoms with Crippen molar-refractivity contribution in [3.63, 3.8) is 0 Å². The number of aromatic nitrogens is 1. The predicted octanol–water partition coefficient (Wildman–Crippen LogP) is 0.635. The van der Waals surface area contributed by atoms with Crippen LogP contribution in [0.15, 0.2) is 23.4 Å². The van der Waals surface area contributed by atoms with Gasteiger partial charge in [0, 0.05) is 6.20 Å². The van der Waals surface area contributed by atoms with Crippen LogP contribution in [0.4, 0.5) is 5.82 Å². The lowest BCUT2D eigenvalue weighted by atomic mass is 10.2. The summed E-state index contributed by atoms with van der Waals surface area (Å²) in [6.07, 6.45) is 1.61. The van der Waals surface area contributed by atoms with Crippen LogP contribution in [0.1, 0.15) is 10.4 Å². The van der Waals surface area contributed by atoms with Gasteiger partial charge in [-0.25, -0.2) is 9.99 Å². The summed E-state index contributed by atoms with van der Waals surface area (Å²) in [4.78, 5) is 15.2. The van der Waals surface area contributed by atoms with Crippen molar-refractivity contribution in [2.45, 2.75) is 0 Å². The zero-order chi connectivity index (χ0) is 9.97. The number of rotatable bonds is 2. The van der Waals surface area contributed by atoms with E-state index in [0.29, 0.717) is 17.3 Å². The molecule has 2 rings (SSSR count). The minimum Gasteiger partial charge on any atom is -0.365 e. The van der Waals surface area contributed by atoms with Crippen molar-refractivity contribution in [2.24, 2.45) is 10.8 Å². The van der Waals surface area contributed by atoms with Gasteiger partial charge in [0.2, 0.25) is 0 Å². The summed E-state index contributed by atoms with van der Waals surface area (Å²) in [5.41, 5.74) is 7.32. The second kappa shape index (κ2) is 3.67. The highest BCUT2D eigenvalue weighted by Gasteiger charge is 2.17. The van der Waals surface area contributed by atoms with Crippen molar-refractivity contribution < 1.29 is 4.79 Å². The van der Waals surface area contributed by atoms with Crippen LogP contribution in [0, 0.1) is 0 Å². The molecular formula is C8H8N4OS. The van der Waals surface area contributed by atoms with Crippen LogP contribution in [-0.4, -0.2) is 22.3 Å². The van der Waals surface area contributed by atoms with E-state index in [0.717, 1.165) is 0 Å². The molecule has 1 amide bonds. The molecule has 0 saturated heterocycles. The van der Waals surface area contributed by atoms with E-state index in [1.54, 1.807) is 28.9 Å². The molecule has 2 heterocycles. The maximum absolute atomic E-state index is 11.1. The third-order valence-electron chi connectivity index (χ3n) is 1.75. The zero-order valence-corrected chi connectivity index (χ0v) is 8.07. The van der Waals surface area contributed by atoms with E-state index in [9.17, 15) is 4.79 Å². The maximum Gasteiger partial charge on any atom is 0.252 e. The van der Waals surface area contributed by atoms with E-state index >= 15 is 0 Å². The number of anilines is 1. The predicted molar refractivity (Wildman–Crippen MR) is 56.2 cm³/mol. The van der Waals surface area contributed by atoms with Gasteiger partial charge in [0.1, 0.15) is 0 Å². The molecule has 0 atom stereocenters. The first-order valence-electron chi connectivity index (χ1n) is 3.95. The summed E-state index contributed by atoms with van der Waals surface area (Å²) < 4.78 is 0. The fraction of sp³-hybridized carbons (Fsp3) is 0.125. The van der Waals surface area contributed by atoms with Crippen molar-refractivity contribution >= 4 is 29.0 Å². The van der Waals surface area contributed by atoms with Gasteiger partial charge in [-0.05, 0) is 12.1 Å². The molecule has 0 saturated carbocycles. The van der Waals surface area contributed by atoms with Gasteiger partial charge in [-0.15, -0.1) is 0 Å². The Kier molecular flexibility index (Phi) is 2.36. The van der Waals surface area contributed by atoms with Crippen LogP contribution in [0.5, 0.6) is 0 Å². The van der Waals surface area contributed by atoms with Crippen molar-refractivity contribution in [3.8, 4) is 0 Å². The van der Waals surface area contributed by atoms with Crippen LogP contribution in [0.3, 0.4) is 0 Å². The van der Waals surface area contributed by atoms with E-state index in [-0.39, 0.29) is 0 Å². The van der Waals surface area contributed by atoms with Gasteiger partial charge in [-0.3, -0.25) is 4.79 Å². The number of primary amides is 1. The largest absolute Gasteiger partial charge is 0.365 e. The SMILES string of the molecule is NC(=O)c1cccnc1N1CSC=N1. The molecular weight excluding hydrogens is 200 g/mol. The molecule has 0 bridgehead atoms. The summed E-state index contributed by atoms with van der Waals surface area (Å²) in [6, 6.07) is 3.32. The molecule has 0 radical (unpaired) electrons. The summed E-state index contributed by atoms with van der Waals surface area (Å²) in [5.74, 6) is 0.693. The molecule has 5 nitrogen and oxygen atoms in total. The van der Waals surface area contributed by atoms with Gasteiger partial charge < -0.3 is 5.73 Å². The first-order valence-corrected chi connectivity index (χ1v) is 5.00. The number of carbonyl (C=O) groups is 1. The van der Waals surface area contributed by atoms with Crippen molar-refractivity contribution in [1.29, 1.82) is 0 Å². The van der Waals surface area contributed by atoms with E-state index in [4.69, 9.17) is 5.73 Å². The summed E-state index contributed by atoms with van der Waals surface area (Å²) >= 11 is 1.54. The molecule has 0 aliphatic carbocycles. The Hall–Kier alpha value is -1.56. The fourth-order valence-electron chi connectivity index (χ4n) is 1.14. The van der Waals surface area contributed by atoms with Crippen LogP contribution in [0.2, 0.25) is 0 Å². The van der Waals surface area contributed by atoms with E-state index < -0.39 is 5.91 Å². The quantitative estimate of drug-likeness (QED) is 0.774. The van der Waals surface area contributed by atoms with Gasteiger partial charge in [-0.2, -0.15) is 5.10 Å². The molecule has 0 unspecified atom stereocenters. The minimum atomic E-state index is -0.486. The first-order chi connectivity index (χ1) is 6.79. The molecule has 1 aliphatic rings. The highest BCUT2D eigenvalue weighted by Crippen LogP contribution is 2.22. The summed E-state index contributed by atoms with van der Waals surface area (Å²) in [6.45, 7) is 0. The number of nitrogens with zero attached hydrogens (tertiary/aromatic N) is 3. The minimum absolute atomic E-state index is 0.396. The molecule has 6 heteroatoms. The lowest BCUT2D eigenvalue weighted by molar-refractivity contribution is 0.100. The average Bonchev–Trinajstić information content (AvgIpc) is 2.70. The van der Waals surface area contributed by atoms with Crippen molar-refractivity contribution in [3.05, 3.63) is 23.9 Å². The van der Waals surface area contributed by atoms with E-state index in [2.05, 4.69) is 10.1 Å². The second-order valence-electron chi connectivity index (χ2n) is 2.66. The topological polar surface area (TPSA) is 71.6 Å². The number of nitrogens with two attached hydrogens (primary N) is 1. The Morgan fingerprint density at radius 3 is 3.14 bits per heavy atom. The molecule has 1 aromatic rings. The Labute approximate surface area is 85.0 Å². The third kappa shape index (κ3) is 1.56.